The summed E-state index contributed by atoms with van der Waals surface area (Å²) in [6.07, 6.45) is 1.04. The summed E-state index contributed by atoms with van der Waals surface area (Å²) in [5.74, 6) is 0.0645. The SMILES string of the molecule is CN1CCO[C@H](C(=O)N2CCC(C(=O)Nc3ccccc3)CC2)C1. The molecule has 0 spiro atoms. The number of amides is 2. The molecule has 1 atom stereocenters. The maximum absolute atomic E-state index is 12.5. The van der Waals surface area contributed by atoms with Crippen LogP contribution in [0, 0.1) is 5.92 Å². The summed E-state index contributed by atoms with van der Waals surface area (Å²) < 4.78 is 5.60. The van der Waals surface area contributed by atoms with E-state index in [1.54, 1.807) is 0 Å². The third-order valence-corrected chi connectivity index (χ3v) is 4.76. The molecule has 130 valence electrons. The molecule has 2 heterocycles. The summed E-state index contributed by atoms with van der Waals surface area (Å²) in [5.41, 5.74) is 0.819. The summed E-state index contributed by atoms with van der Waals surface area (Å²) in [6, 6.07) is 9.49. The quantitative estimate of drug-likeness (QED) is 0.904. The Kier molecular flexibility index (Phi) is 5.48. The summed E-state index contributed by atoms with van der Waals surface area (Å²) >= 11 is 0. The normalized spacial score (nSPS) is 23.0. The first kappa shape index (κ1) is 16.9. The molecule has 3 rings (SSSR count). The second kappa shape index (κ2) is 7.77. The van der Waals surface area contributed by atoms with Gasteiger partial charge in [-0.05, 0) is 32.0 Å². The predicted octanol–water partition coefficient (Wildman–Crippen LogP) is 1.19. The number of anilines is 1. The van der Waals surface area contributed by atoms with Gasteiger partial charge in [0.2, 0.25) is 5.91 Å². The number of ether oxygens (including phenoxy) is 1. The topological polar surface area (TPSA) is 61.9 Å². The number of hydrogen-bond acceptors (Lipinski definition) is 4. The number of hydrogen-bond donors (Lipinski definition) is 1. The zero-order valence-electron chi connectivity index (χ0n) is 14.1. The van der Waals surface area contributed by atoms with E-state index >= 15 is 0 Å². The highest BCUT2D eigenvalue weighted by atomic mass is 16.5. The van der Waals surface area contributed by atoms with Gasteiger partial charge in [-0.2, -0.15) is 0 Å². The third-order valence-electron chi connectivity index (χ3n) is 4.76. The average molecular weight is 331 g/mol. The van der Waals surface area contributed by atoms with Crippen LogP contribution >= 0.6 is 0 Å². The van der Waals surface area contributed by atoms with Crippen LogP contribution < -0.4 is 5.32 Å². The van der Waals surface area contributed by atoms with Crippen molar-refractivity contribution in [2.24, 2.45) is 5.92 Å². The van der Waals surface area contributed by atoms with Gasteiger partial charge in [-0.15, -0.1) is 0 Å². The molecule has 0 saturated carbocycles. The fourth-order valence-corrected chi connectivity index (χ4v) is 3.26. The van der Waals surface area contributed by atoms with Gasteiger partial charge in [0.1, 0.15) is 6.10 Å². The summed E-state index contributed by atoms with van der Waals surface area (Å²) in [7, 11) is 2.00. The zero-order valence-corrected chi connectivity index (χ0v) is 14.1. The van der Waals surface area contributed by atoms with E-state index in [1.807, 2.05) is 42.3 Å². The van der Waals surface area contributed by atoms with Crippen molar-refractivity contribution >= 4 is 17.5 Å². The molecule has 6 heteroatoms. The molecule has 0 radical (unpaired) electrons. The Hall–Kier alpha value is -1.92. The van der Waals surface area contributed by atoms with E-state index in [0.29, 0.717) is 39.1 Å². The zero-order chi connectivity index (χ0) is 16.9. The van der Waals surface area contributed by atoms with Crippen LogP contribution in [0.5, 0.6) is 0 Å². The van der Waals surface area contributed by atoms with Gasteiger partial charge < -0.3 is 19.9 Å². The highest BCUT2D eigenvalue weighted by Gasteiger charge is 2.33. The Labute approximate surface area is 142 Å². The minimum absolute atomic E-state index is 0.0378. The van der Waals surface area contributed by atoms with Gasteiger partial charge in [0.15, 0.2) is 0 Å². The van der Waals surface area contributed by atoms with Gasteiger partial charge in [-0.25, -0.2) is 0 Å². The number of nitrogens with zero attached hydrogens (tertiary/aromatic N) is 2. The number of likely N-dealkylation sites (tertiary alicyclic amines) is 1. The number of carbonyl (C=O) groups excluding carboxylic acids is 2. The monoisotopic (exact) mass is 331 g/mol. The fraction of sp³-hybridized carbons (Fsp3) is 0.556. The number of rotatable bonds is 3. The van der Waals surface area contributed by atoms with E-state index in [1.165, 1.54) is 0 Å². The van der Waals surface area contributed by atoms with Crippen molar-refractivity contribution in [3.8, 4) is 0 Å². The van der Waals surface area contributed by atoms with Crippen LogP contribution in [0.3, 0.4) is 0 Å². The first-order valence-corrected chi connectivity index (χ1v) is 8.58. The van der Waals surface area contributed by atoms with Crippen molar-refractivity contribution < 1.29 is 14.3 Å². The largest absolute Gasteiger partial charge is 0.366 e. The van der Waals surface area contributed by atoms with Crippen molar-refractivity contribution in [2.75, 3.05) is 45.2 Å². The molecule has 2 aliphatic rings. The lowest BCUT2D eigenvalue weighted by atomic mass is 9.95. The Morgan fingerprint density at radius 1 is 1.12 bits per heavy atom. The van der Waals surface area contributed by atoms with Crippen LogP contribution in [0.2, 0.25) is 0 Å². The molecule has 1 aromatic carbocycles. The molecule has 1 N–H and O–H groups in total. The van der Waals surface area contributed by atoms with Crippen molar-refractivity contribution in [3.63, 3.8) is 0 Å². The highest BCUT2D eigenvalue weighted by molar-refractivity contribution is 5.92. The van der Waals surface area contributed by atoms with Crippen LogP contribution in [0.1, 0.15) is 12.8 Å². The molecular weight excluding hydrogens is 306 g/mol. The van der Waals surface area contributed by atoms with Crippen LogP contribution in [0.4, 0.5) is 5.69 Å². The lowest BCUT2D eigenvalue weighted by Crippen LogP contribution is -2.52. The van der Waals surface area contributed by atoms with E-state index < -0.39 is 0 Å². The molecule has 6 nitrogen and oxygen atoms in total. The Morgan fingerprint density at radius 3 is 2.50 bits per heavy atom. The van der Waals surface area contributed by atoms with Crippen molar-refractivity contribution in [1.29, 1.82) is 0 Å². The number of para-hydroxylation sites is 1. The standard InChI is InChI=1S/C18H25N3O3/c1-20-11-12-24-16(13-20)18(23)21-9-7-14(8-10-21)17(22)19-15-5-3-2-4-6-15/h2-6,14,16H,7-13H2,1H3,(H,19,22)/t16-/m0/s1. The molecule has 2 fully saturated rings. The van der Waals surface area contributed by atoms with E-state index in [0.717, 1.165) is 12.2 Å². The van der Waals surface area contributed by atoms with E-state index in [2.05, 4.69) is 10.2 Å². The van der Waals surface area contributed by atoms with Crippen LogP contribution in [0.25, 0.3) is 0 Å². The fourth-order valence-electron chi connectivity index (χ4n) is 3.26. The molecule has 2 aliphatic heterocycles. The van der Waals surface area contributed by atoms with Crippen LogP contribution in [-0.4, -0.2) is 67.6 Å². The third kappa shape index (κ3) is 4.13. The van der Waals surface area contributed by atoms with Gasteiger partial charge in [-0.3, -0.25) is 9.59 Å². The number of benzene rings is 1. The molecular formula is C18H25N3O3. The minimum Gasteiger partial charge on any atom is -0.366 e. The number of nitrogens with one attached hydrogen (secondary N) is 1. The molecule has 0 aromatic heterocycles. The average Bonchev–Trinajstić information content (AvgIpc) is 2.62. The first-order valence-electron chi connectivity index (χ1n) is 8.58. The predicted molar refractivity (Wildman–Crippen MR) is 91.6 cm³/mol. The lowest BCUT2D eigenvalue weighted by Gasteiger charge is -2.36. The summed E-state index contributed by atoms with van der Waals surface area (Å²) in [5, 5.41) is 2.95. The molecule has 2 amide bonds. The van der Waals surface area contributed by atoms with Crippen molar-refractivity contribution in [1.82, 2.24) is 9.80 Å². The minimum atomic E-state index is -0.363. The van der Waals surface area contributed by atoms with Crippen LogP contribution in [-0.2, 0) is 14.3 Å². The van der Waals surface area contributed by atoms with Gasteiger partial charge in [-0.1, -0.05) is 18.2 Å². The van der Waals surface area contributed by atoms with Gasteiger partial charge in [0, 0.05) is 37.8 Å². The van der Waals surface area contributed by atoms with Gasteiger partial charge in [0.05, 0.1) is 6.61 Å². The number of likely N-dealkylation sites (N-methyl/N-ethyl adjacent to an activating group) is 1. The molecule has 2 saturated heterocycles. The van der Waals surface area contributed by atoms with Gasteiger partial charge >= 0.3 is 0 Å². The Balaban J connectivity index is 1.48. The Bertz CT molecular complexity index is 570. The number of carbonyl (C=O) groups is 2. The van der Waals surface area contributed by atoms with E-state index in [-0.39, 0.29) is 23.8 Å². The highest BCUT2D eigenvalue weighted by Crippen LogP contribution is 2.21. The maximum atomic E-state index is 12.5. The lowest BCUT2D eigenvalue weighted by molar-refractivity contribution is -0.150. The number of piperidine rings is 1. The molecule has 24 heavy (non-hydrogen) atoms. The van der Waals surface area contributed by atoms with Gasteiger partial charge in [0.25, 0.3) is 5.91 Å². The van der Waals surface area contributed by atoms with Crippen molar-refractivity contribution in [3.05, 3.63) is 30.3 Å². The smallest absolute Gasteiger partial charge is 0.253 e. The summed E-state index contributed by atoms with van der Waals surface area (Å²) in [6.45, 7) is 3.35. The molecule has 1 aromatic rings. The number of morpholine rings is 1. The summed E-state index contributed by atoms with van der Waals surface area (Å²) in [4.78, 5) is 28.8. The van der Waals surface area contributed by atoms with Crippen LogP contribution in [0.15, 0.2) is 30.3 Å². The molecule has 0 unspecified atom stereocenters. The van der Waals surface area contributed by atoms with E-state index in [4.69, 9.17) is 4.74 Å². The van der Waals surface area contributed by atoms with Crippen molar-refractivity contribution in [2.45, 2.75) is 18.9 Å². The molecule has 0 bridgehead atoms. The Morgan fingerprint density at radius 2 is 1.83 bits per heavy atom. The second-order valence-electron chi connectivity index (χ2n) is 6.58. The maximum Gasteiger partial charge on any atom is 0.253 e. The molecule has 0 aliphatic carbocycles. The first-order chi connectivity index (χ1) is 11.6. The van der Waals surface area contributed by atoms with E-state index in [9.17, 15) is 9.59 Å². The second-order valence-corrected chi connectivity index (χ2v) is 6.58.